The molecule has 0 unspecified atom stereocenters. The molecule has 1 saturated heterocycles. The first-order valence-electron chi connectivity index (χ1n) is 9.15. The molecule has 0 spiro atoms. The highest BCUT2D eigenvalue weighted by molar-refractivity contribution is 5.82. The van der Waals surface area contributed by atoms with E-state index >= 15 is 0 Å². The molecule has 1 fully saturated rings. The molecule has 2 aromatic heterocycles. The molecule has 0 aliphatic carbocycles. The number of imidazole rings is 1. The van der Waals surface area contributed by atoms with Crippen molar-refractivity contribution < 1.29 is 4.79 Å². The average molecular weight is 361 g/mol. The predicted octanol–water partition coefficient (Wildman–Crippen LogP) is 0.958. The standard InChI is InChI=1S/C18H27N5O3/c1-11-8-6-7-9-22(11)10-14-19-16-15(23(14)12(2)13(3)24)17(25)21(5)18(26)20(16)4/h11-12H,6-10H2,1-5H3/t11-,12+/m0/s1. The third-order valence-corrected chi connectivity index (χ3v) is 5.63. The first kappa shape index (κ1) is 18.6. The molecule has 8 heteroatoms. The molecule has 0 aromatic carbocycles. The van der Waals surface area contributed by atoms with Gasteiger partial charge in [0.25, 0.3) is 5.56 Å². The molecule has 1 aliphatic rings. The van der Waals surface area contributed by atoms with Crippen LogP contribution in [0.4, 0.5) is 0 Å². The molecule has 3 rings (SSSR count). The van der Waals surface area contributed by atoms with Gasteiger partial charge in [0.15, 0.2) is 16.9 Å². The predicted molar refractivity (Wildman–Crippen MR) is 99.3 cm³/mol. The molecule has 142 valence electrons. The SMILES string of the molecule is CC(=O)[C@@H](C)n1c(CN2CCCC[C@@H]2C)nc2c1c(=O)n(C)c(=O)n2C. The van der Waals surface area contributed by atoms with Crippen molar-refractivity contribution in [3.05, 3.63) is 26.7 Å². The van der Waals surface area contributed by atoms with Crippen molar-refractivity contribution >= 4 is 16.9 Å². The largest absolute Gasteiger partial charge is 0.332 e. The van der Waals surface area contributed by atoms with Gasteiger partial charge >= 0.3 is 5.69 Å². The number of hydrogen-bond acceptors (Lipinski definition) is 5. The maximum Gasteiger partial charge on any atom is 0.332 e. The zero-order chi connectivity index (χ0) is 19.2. The minimum Gasteiger partial charge on any atom is -0.311 e. The number of carbonyl (C=O) groups excluding carboxylic acids is 1. The summed E-state index contributed by atoms with van der Waals surface area (Å²) in [5.74, 6) is 0.614. The van der Waals surface area contributed by atoms with Crippen molar-refractivity contribution in [3.8, 4) is 0 Å². The smallest absolute Gasteiger partial charge is 0.311 e. The van der Waals surface area contributed by atoms with Crippen LogP contribution in [0, 0.1) is 0 Å². The lowest BCUT2D eigenvalue weighted by atomic mass is 10.0. The van der Waals surface area contributed by atoms with Gasteiger partial charge in [-0.25, -0.2) is 9.78 Å². The summed E-state index contributed by atoms with van der Waals surface area (Å²) in [5.41, 5.74) is -0.176. The van der Waals surface area contributed by atoms with Gasteiger partial charge in [0.05, 0.1) is 12.6 Å². The zero-order valence-corrected chi connectivity index (χ0v) is 16.2. The maximum atomic E-state index is 12.8. The van der Waals surface area contributed by atoms with Gasteiger partial charge in [0.1, 0.15) is 5.82 Å². The van der Waals surface area contributed by atoms with Crippen LogP contribution in [0.25, 0.3) is 11.2 Å². The highest BCUT2D eigenvalue weighted by Gasteiger charge is 2.27. The van der Waals surface area contributed by atoms with Crippen molar-refractivity contribution in [1.29, 1.82) is 0 Å². The maximum absolute atomic E-state index is 12.8. The molecule has 2 atom stereocenters. The third-order valence-electron chi connectivity index (χ3n) is 5.63. The lowest BCUT2D eigenvalue weighted by Gasteiger charge is -2.33. The minimum atomic E-state index is -0.514. The zero-order valence-electron chi connectivity index (χ0n) is 16.2. The molecule has 0 saturated carbocycles. The first-order chi connectivity index (χ1) is 12.2. The second kappa shape index (κ2) is 6.83. The van der Waals surface area contributed by atoms with Gasteiger partial charge in [-0.1, -0.05) is 6.42 Å². The van der Waals surface area contributed by atoms with E-state index in [-0.39, 0.29) is 5.78 Å². The second-order valence-electron chi connectivity index (χ2n) is 7.38. The highest BCUT2D eigenvalue weighted by Crippen LogP contribution is 2.23. The Morgan fingerprint density at radius 1 is 1.23 bits per heavy atom. The molecule has 0 radical (unpaired) electrons. The van der Waals surface area contributed by atoms with E-state index in [0.29, 0.717) is 29.6 Å². The van der Waals surface area contributed by atoms with E-state index in [2.05, 4.69) is 16.8 Å². The Morgan fingerprint density at radius 2 is 1.92 bits per heavy atom. The Labute approximate surface area is 152 Å². The van der Waals surface area contributed by atoms with E-state index in [1.807, 2.05) is 0 Å². The number of nitrogens with zero attached hydrogens (tertiary/aromatic N) is 5. The van der Waals surface area contributed by atoms with Crippen molar-refractivity contribution in [1.82, 2.24) is 23.6 Å². The lowest BCUT2D eigenvalue weighted by Crippen LogP contribution is -2.38. The van der Waals surface area contributed by atoms with E-state index in [9.17, 15) is 14.4 Å². The van der Waals surface area contributed by atoms with Crippen LogP contribution in [0.2, 0.25) is 0 Å². The molecule has 0 N–H and O–H groups in total. The van der Waals surface area contributed by atoms with Gasteiger partial charge in [0.2, 0.25) is 0 Å². The lowest BCUT2D eigenvalue weighted by molar-refractivity contribution is -0.119. The number of aromatic nitrogens is 4. The van der Waals surface area contributed by atoms with Gasteiger partial charge in [-0.15, -0.1) is 0 Å². The number of piperidine rings is 1. The van der Waals surface area contributed by atoms with Gasteiger partial charge in [-0.05, 0) is 40.2 Å². The molecule has 0 amide bonds. The first-order valence-corrected chi connectivity index (χ1v) is 9.15. The van der Waals surface area contributed by atoms with E-state index in [4.69, 9.17) is 0 Å². The van der Waals surface area contributed by atoms with Gasteiger partial charge in [-0.3, -0.25) is 23.6 Å². The van der Waals surface area contributed by atoms with Crippen LogP contribution in [0.15, 0.2) is 9.59 Å². The fourth-order valence-corrected chi connectivity index (χ4v) is 3.74. The monoisotopic (exact) mass is 361 g/mol. The van der Waals surface area contributed by atoms with Crippen molar-refractivity contribution in [2.75, 3.05) is 6.54 Å². The Balaban J connectivity index is 2.25. The quantitative estimate of drug-likeness (QED) is 0.810. The number of likely N-dealkylation sites (tertiary alicyclic amines) is 1. The normalized spacial score (nSPS) is 19.8. The Kier molecular flexibility index (Phi) is 4.88. The van der Waals surface area contributed by atoms with Crippen LogP contribution >= 0.6 is 0 Å². The Morgan fingerprint density at radius 3 is 2.54 bits per heavy atom. The second-order valence-corrected chi connectivity index (χ2v) is 7.38. The summed E-state index contributed by atoms with van der Waals surface area (Å²) in [6, 6.07) is -0.0865. The molecule has 8 nitrogen and oxygen atoms in total. The van der Waals surface area contributed by atoms with Gasteiger partial charge < -0.3 is 4.57 Å². The van der Waals surface area contributed by atoms with Crippen LogP contribution < -0.4 is 11.2 Å². The average Bonchev–Trinajstić information content (AvgIpc) is 2.98. The Hall–Kier alpha value is -2.22. The van der Waals surface area contributed by atoms with E-state index in [1.165, 1.54) is 25.0 Å². The number of rotatable bonds is 4. The number of carbonyl (C=O) groups is 1. The number of hydrogen-bond donors (Lipinski definition) is 0. The number of aryl methyl sites for hydroxylation is 1. The minimum absolute atomic E-state index is 0.0480. The van der Waals surface area contributed by atoms with E-state index in [0.717, 1.165) is 24.0 Å². The molecule has 3 heterocycles. The van der Waals surface area contributed by atoms with Gasteiger partial charge in [0, 0.05) is 20.1 Å². The summed E-state index contributed by atoms with van der Waals surface area (Å²) in [6.45, 7) is 7.00. The van der Waals surface area contributed by atoms with Crippen LogP contribution in [0.5, 0.6) is 0 Å². The summed E-state index contributed by atoms with van der Waals surface area (Å²) >= 11 is 0. The number of fused-ring (bicyclic) bond motifs is 1. The van der Waals surface area contributed by atoms with E-state index in [1.54, 1.807) is 18.5 Å². The fourth-order valence-electron chi connectivity index (χ4n) is 3.74. The summed E-state index contributed by atoms with van der Waals surface area (Å²) < 4.78 is 4.17. The summed E-state index contributed by atoms with van der Waals surface area (Å²) in [4.78, 5) is 44.1. The van der Waals surface area contributed by atoms with Crippen LogP contribution in [-0.2, 0) is 25.4 Å². The fraction of sp³-hybridized carbons (Fsp3) is 0.667. The van der Waals surface area contributed by atoms with Crippen molar-refractivity contribution in [3.63, 3.8) is 0 Å². The number of Topliss-reactive ketones (excluding diaryl/α,β-unsaturated/α-hetero) is 1. The number of ketones is 1. The van der Waals surface area contributed by atoms with Crippen LogP contribution in [0.3, 0.4) is 0 Å². The molecule has 26 heavy (non-hydrogen) atoms. The molecular weight excluding hydrogens is 334 g/mol. The summed E-state index contributed by atoms with van der Waals surface area (Å²) in [6.07, 6.45) is 3.47. The Bertz CT molecular complexity index is 968. The van der Waals surface area contributed by atoms with Crippen LogP contribution in [0.1, 0.15) is 51.9 Å². The third kappa shape index (κ3) is 2.92. The molecular formula is C18H27N5O3. The van der Waals surface area contributed by atoms with E-state index < -0.39 is 17.3 Å². The van der Waals surface area contributed by atoms with Crippen molar-refractivity contribution in [2.45, 2.75) is 58.7 Å². The molecule has 0 bridgehead atoms. The highest BCUT2D eigenvalue weighted by atomic mass is 16.2. The van der Waals surface area contributed by atoms with Gasteiger partial charge in [-0.2, -0.15) is 0 Å². The summed E-state index contributed by atoms with van der Waals surface area (Å²) in [5, 5.41) is 0. The van der Waals surface area contributed by atoms with Crippen molar-refractivity contribution in [2.24, 2.45) is 14.1 Å². The summed E-state index contributed by atoms with van der Waals surface area (Å²) in [7, 11) is 3.06. The topological polar surface area (TPSA) is 82.1 Å². The molecule has 1 aliphatic heterocycles. The molecule has 2 aromatic rings. The van der Waals surface area contributed by atoms with Crippen LogP contribution in [-0.4, -0.2) is 42.0 Å².